The predicted octanol–water partition coefficient (Wildman–Crippen LogP) is 2.70. The van der Waals surface area contributed by atoms with Crippen LogP contribution in [-0.2, 0) is 11.2 Å². The number of aliphatic hydroxyl groups is 3. The molecule has 3 N–H and O–H groups in total. The molecule has 1 saturated heterocycles. The predicted molar refractivity (Wildman–Crippen MR) is 104 cm³/mol. The van der Waals surface area contributed by atoms with Crippen molar-refractivity contribution in [2.24, 2.45) is 0 Å². The Labute approximate surface area is 168 Å². The minimum absolute atomic E-state index is 0.00768. The second-order valence-electron chi connectivity index (χ2n) is 6.60. The average molecular weight is 413 g/mol. The van der Waals surface area contributed by atoms with Crippen LogP contribution in [0.1, 0.15) is 22.8 Å². The molecule has 2 aromatic rings. The average Bonchev–Trinajstić information content (AvgIpc) is 2.69. The third-order valence-electron chi connectivity index (χ3n) is 4.82. The first-order valence-electron chi connectivity index (χ1n) is 8.61. The minimum Gasteiger partial charge on any atom is -0.497 e. The molecule has 2 aromatic carbocycles. The van der Waals surface area contributed by atoms with Gasteiger partial charge in [0, 0.05) is 5.02 Å². The summed E-state index contributed by atoms with van der Waals surface area (Å²) < 4.78 is 10.9. The van der Waals surface area contributed by atoms with Crippen molar-refractivity contribution in [3.63, 3.8) is 0 Å². The van der Waals surface area contributed by atoms with E-state index in [2.05, 4.69) is 0 Å². The highest BCUT2D eigenvalue weighted by atomic mass is 35.5. The van der Waals surface area contributed by atoms with Crippen LogP contribution in [-0.4, -0.2) is 52.7 Å². The van der Waals surface area contributed by atoms with Gasteiger partial charge in [0.1, 0.15) is 36.3 Å². The molecule has 0 aromatic heterocycles. The van der Waals surface area contributed by atoms with Gasteiger partial charge in [-0.1, -0.05) is 35.9 Å². The number of methoxy groups -OCH3 is 1. The Kier molecular flexibility index (Phi) is 6.63. The molecule has 1 fully saturated rings. The van der Waals surface area contributed by atoms with E-state index in [0.717, 1.165) is 16.9 Å². The fourth-order valence-corrected chi connectivity index (χ4v) is 3.66. The molecule has 146 valence electrons. The quantitative estimate of drug-likeness (QED) is 0.657. The molecule has 0 spiro atoms. The van der Waals surface area contributed by atoms with E-state index in [1.165, 1.54) is 0 Å². The van der Waals surface area contributed by atoms with Crippen LogP contribution in [0, 0.1) is 0 Å². The van der Waals surface area contributed by atoms with Crippen LogP contribution >= 0.6 is 23.2 Å². The van der Waals surface area contributed by atoms with Crippen LogP contribution in [0.5, 0.6) is 5.75 Å². The Morgan fingerprint density at radius 2 is 1.70 bits per heavy atom. The zero-order valence-corrected chi connectivity index (χ0v) is 16.3. The monoisotopic (exact) mass is 412 g/mol. The van der Waals surface area contributed by atoms with Crippen molar-refractivity contribution < 1.29 is 24.8 Å². The van der Waals surface area contributed by atoms with Crippen LogP contribution in [0.4, 0.5) is 0 Å². The zero-order chi connectivity index (χ0) is 19.6. The lowest BCUT2D eigenvalue weighted by Gasteiger charge is -2.40. The van der Waals surface area contributed by atoms with Crippen LogP contribution < -0.4 is 4.74 Å². The third kappa shape index (κ3) is 4.40. The Morgan fingerprint density at radius 1 is 1.00 bits per heavy atom. The number of aliphatic hydroxyl groups excluding tert-OH is 3. The largest absolute Gasteiger partial charge is 0.497 e. The maximum Gasteiger partial charge on any atom is 0.118 e. The molecule has 0 radical (unpaired) electrons. The summed E-state index contributed by atoms with van der Waals surface area (Å²) in [6, 6.07) is 13.0. The van der Waals surface area contributed by atoms with Gasteiger partial charge in [-0.3, -0.25) is 0 Å². The number of benzene rings is 2. The molecule has 0 bridgehead atoms. The van der Waals surface area contributed by atoms with Crippen molar-refractivity contribution in [1.29, 1.82) is 0 Å². The number of rotatable bonds is 5. The molecule has 7 heteroatoms. The van der Waals surface area contributed by atoms with Gasteiger partial charge in [-0.25, -0.2) is 0 Å². The molecule has 27 heavy (non-hydrogen) atoms. The minimum atomic E-state index is -1.34. The number of ether oxygens (including phenoxy) is 2. The van der Waals surface area contributed by atoms with Gasteiger partial charge in [0.2, 0.25) is 0 Å². The summed E-state index contributed by atoms with van der Waals surface area (Å²) in [5.41, 5.74) is 2.57. The van der Waals surface area contributed by atoms with E-state index in [1.807, 2.05) is 30.3 Å². The van der Waals surface area contributed by atoms with E-state index in [-0.39, 0.29) is 5.88 Å². The van der Waals surface area contributed by atoms with E-state index in [1.54, 1.807) is 19.2 Å². The van der Waals surface area contributed by atoms with Crippen molar-refractivity contribution in [2.75, 3.05) is 13.0 Å². The molecule has 1 aliphatic rings. The molecule has 1 heterocycles. The van der Waals surface area contributed by atoms with E-state index < -0.39 is 30.5 Å². The third-order valence-corrected chi connectivity index (χ3v) is 5.49. The van der Waals surface area contributed by atoms with Gasteiger partial charge in [0.05, 0.1) is 13.0 Å². The van der Waals surface area contributed by atoms with Crippen LogP contribution in [0.3, 0.4) is 0 Å². The lowest BCUT2D eigenvalue weighted by atomic mass is 9.90. The van der Waals surface area contributed by atoms with E-state index in [0.29, 0.717) is 17.0 Å². The Bertz CT molecular complexity index is 765. The summed E-state index contributed by atoms with van der Waals surface area (Å²) in [4.78, 5) is 0. The highest BCUT2D eigenvalue weighted by Gasteiger charge is 2.43. The van der Waals surface area contributed by atoms with Crippen molar-refractivity contribution >= 4 is 23.2 Å². The molecule has 0 aliphatic carbocycles. The topological polar surface area (TPSA) is 79.2 Å². The smallest absolute Gasteiger partial charge is 0.118 e. The molecule has 0 amide bonds. The Morgan fingerprint density at radius 3 is 2.33 bits per heavy atom. The van der Waals surface area contributed by atoms with Gasteiger partial charge < -0.3 is 24.8 Å². The molecular weight excluding hydrogens is 391 g/mol. The van der Waals surface area contributed by atoms with Crippen LogP contribution in [0.15, 0.2) is 42.5 Å². The van der Waals surface area contributed by atoms with E-state index >= 15 is 0 Å². The Hall–Kier alpha value is -1.34. The SMILES string of the molecule is COc1ccc(Cc2cc([C@@H]3O[C@H](CCl)[C@@H](O)[C@H](O)[C@H]3O)ccc2Cl)cc1. The molecule has 5 atom stereocenters. The van der Waals surface area contributed by atoms with Gasteiger partial charge in [0.25, 0.3) is 0 Å². The molecule has 0 saturated carbocycles. The standard InChI is InChI=1S/C20H22Cl2O5/c1-26-14-5-2-11(3-6-14)8-13-9-12(4-7-15(13)22)20-19(25)18(24)17(23)16(10-21)27-20/h2-7,9,16-20,23-25H,8,10H2,1H3/t16-,17-,18+,19-,20+/m1/s1. The second-order valence-corrected chi connectivity index (χ2v) is 7.31. The number of halogens is 2. The van der Waals surface area contributed by atoms with Gasteiger partial charge >= 0.3 is 0 Å². The van der Waals surface area contributed by atoms with Crippen molar-refractivity contribution in [1.82, 2.24) is 0 Å². The molecule has 1 aliphatic heterocycles. The second kappa shape index (κ2) is 8.78. The number of hydrogen-bond acceptors (Lipinski definition) is 5. The molecule has 0 unspecified atom stereocenters. The first-order valence-corrected chi connectivity index (χ1v) is 9.52. The van der Waals surface area contributed by atoms with Gasteiger partial charge in [-0.2, -0.15) is 0 Å². The summed E-state index contributed by atoms with van der Waals surface area (Å²) >= 11 is 12.2. The normalized spacial score (nSPS) is 28.1. The summed E-state index contributed by atoms with van der Waals surface area (Å²) in [6.07, 6.45) is -4.83. The highest BCUT2D eigenvalue weighted by Crippen LogP contribution is 2.34. The maximum absolute atomic E-state index is 10.4. The van der Waals surface area contributed by atoms with E-state index in [9.17, 15) is 15.3 Å². The highest BCUT2D eigenvalue weighted by molar-refractivity contribution is 6.31. The lowest BCUT2D eigenvalue weighted by Crippen LogP contribution is -2.54. The van der Waals surface area contributed by atoms with Crippen molar-refractivity contribution in [3.05, 3.63) is 64.2 Å². The first kappa shape index (κ1) is 20.4. The molecule has 3 rings (SSSR count). The summed E-state index contributed by atoms with van der Waals surface area (Å²) in [7, 11) is 1.62. The summed E-state index contributed by atoms with van der Waals surface area (Å²) in [5, 5.41) is 31.0. The zero-order valence-electron chi connectivity index (χ0n) is 14.8. The Balaban J connectivity index is 1.85. The lowest BCUT2D eigenvalue weighted by molar-refractivity contribution is -0.218. The maximum atomic E-state index is 10.4. The molecule has 5 nitrogen and oxygen atoms in total. The summed E-state index contributed by atoms with van der Waals surface area (Å²) in [5.74, 6) is 0.783. The van der Waals surface area contributed by atoms with Crippen LogP contribution in [0.25, 0.3) is 0 Å². The fourth-order valence-electron chi connectivity index (χ4n) is 3.22. The van der Waals surface area contributed by atoms with Crippen LogP contribution in [0.2, 0.25) is 5.02 Å². The van der Waals surface area contributed by atoms with Crippen molar-refractivity contribution in [3.8, 4) is 5.75 Å². The van der Waals surface area contributed by atoms with E-state index in [4.69, 9.17) is 32.7 Å². The fraction of sp³-hybridized carbons (Fsp3) is 0.400. The van der Waals surface area contributed by atoms with Gasteiger partial charge in [-0.05, 0) is 41.3 Å². The first-order chi connectivity index (χ1) is 12.9. The number of alkyl halides is 1. The van der Waals surface area contributed by atoms with Gasteiger partial charge in [-0.15, -0.1) is 11.6 Å². The number of hydrogen-bond donors (Lipinski definition) is 3. The molecular formula is C20H22Cl2O5. The van der Waals surface area contributed by atoms with Crippen molar-refractivity contribution in [2.45, 2.75) is 36.9 Å². The van der Waals surface area contributed by atoms with Gasteiger partial charge in [0.15, 0.2) is 0 Å². The summed E-state index contributed by atoms with van der Waals surface area (Å²) in [6.45, 7) is 0.